The van der Waals surface area contributed by atoms with Crippen LogP contribution in [0.1, 0.15) is 50.5 Å². The molecule has 4 heteroatoms. The second kappa shape index (κ2) is 8.27. The molecule has 2 unspecified atom stereocenters. The van der Waals surface area contributed by atoms with Crippen LogP contribution in [-0.4, -0.2) is 17.7 Å². The van der Waals surface area contributed by atoms with E-state index >= 15 is 0 Å². The molecule has 0 saturated carbocycles. The van der Waals surface area contributed by atoms with Gasteiger partial charge in [-0.2, -0.15) is 0 Å². The molecule has 0 spiro atoms. The second-order valence-electron chi connectivity index (χ2n) is 4.46. The van der Waals surface area contributed by atoms with Gasteiger partial charge in [-0.25, -0.2) is 4.79 Å². The topological polar surface area (TPSA) is 46.5 Å². The number of aliphatic hydroxyl groups is 1. The Labute approximate surface area is 113 Å². The summed E-state index contributed by atoms with van der Waals surface area (Å²) in [5.41, 5.74) is 0. The third kappa shape index (κ3) is 4.78. The van der Waals surface area contributed by atoms with Crippen LogP contribution in [0.25, 0.3) is 0 Å². The number of hydrogen-bond donors (Lipinski definition) is 1. The molecule has 3 nitrogen and oxygen atoms in total. The van der Waals surface area contributed by atoms with Crippen molar-refractivity contribution in [1.82, 2.24) is 0 Å². The molecule has 0 radical (unpaired) electrons. The molecule has 1 rings (SSSR count). The Kier molecular flexibility index (Phi) is 6.98. The van der Waals surface area contributed by atoms with E-state index in [4.69, 9.17) is 4.74 Å². The molecule has 1 aromatic rings. The Morgan fingerprint density at radius 3 is 2.83 bits per heavy atom. The molecule has 0 aliphatic carbocycles. The number of carbonyl (C=O) groups excluding carboxylic acids is 1. The highest BCUT2D eigenvalue weighted by Crippen LogP contribution is 2.21. The Hall–Kier alpha value is -0.870. The smallest absolute Gasteiger partial charge is 0.340 e. The van der Waals surface area contributed by atoms with Gasteiger partial charge < -0.3 is 9.84 Å². The van der Waals surface area contributed by atoms with Gasteiger partial charge in [-0.3, -0.25) is 0 Å². The minimum atomic E-state index is -1.13. The molecule has 0 saturated heterocycles. The van der Waals surface area contributed by atoms with Crippen molar-refractivity contribution in [3.05, 3.63) is 22.4 Å². The summed E-state index contributed by atoms with van der Waals surface area (Å²) in [6.45, 7) is 4.67. The van der Waals surface area contributed by atoms with Crippen molar-refractivity contribution in [2.45, 2.75) is 45.6 Å². The van der Waals surface area contributed by atoms with Gasteiger partial charge in [0.25, 0.3) is 0 Å². The minimum Gasteiger partial charge on any atom is -0.463 e. The number of carbonyl (C=O) groups is 1. The Balaban J connectivity index is 2.35. The second-order valence-corrected chi connectivity index (χ2v) is 5.44. The zero-order valence-corrected chi connectivity index (χ0v) is 11.9. The molecule has 0 bridgehead atoms. The van der Waals surface area contributed by atoms with Crippen molar-refractivity contribution in [3.63, 3.8) is 0 Å². The summed E-state index contributed by atoms with van der Waals surface area (Å²) >= 11 is 1.36. The lowest BCUT2D eigenvalue weighted by molar-refractivity contribution is -0.155. The van der Waals surface area contributed by atoms with E-state index in [1.54, 1.807) is 6.07 Å². The molecule has 102 valence electrons. The minimum absolute atomic E-state index is 0.407. The lowest BCUT2D eigenvalue weighted by Gasteiger charge is -2.16. The molecule has 0 aromatic carbocycles. The van der Waals surface area contributed by atoms with Crippen molar-refractivity contribution < 1.29 is 14.6 Å². The lowest BCUT2D eigenvalue weighted by Crippen LogP contribution is -2.19. The highest BCUT2D eigenvalue weighted by atomic mass is 32.1. The Bertz CT molecular complexity index is 335. The van der Waals surface area contributed by atoms with E-state index in [0.29, 0.717) is 17.4 Å². The lowest BCUT2D eigenvalue weighted by atomic mass is 10.0. The maximum Gasteiger partial charge on any atom is 0.340 e. The fraction of sp³-hybridized carbons (Fsp3) is 0.643. The quantitative estimate of drug-likeness (QED) is 0.735. The zero-order valence-electron chi connectivity index (χ0n) is 11.1. The fourth-order valence-corrected chi connectivity index (χ4v) is 2.44. The number of rotatable bonds is 8. The van der Waals surface area contributed by atoms with Gasteiger partial charge >= 0.3 is 5.97 Å². The molecule has 1 aromatic heterocycles. The molecule has 0 aliphatic heterocycles. The van der Waals surface area contributed by atoms with Gasteiger partial charge in [0.15, 0.2) is 6.10 Å². The first kappa shape index (κ1) is 15.2. The van der Waals surface area contributed by atoms with Gasteiger partial charge in [0.05, 0.1) is 6.61 Å². The van der Waals surface area contributed by atoms with Crippen LogP contribution in [0.3, 0.4) is 0 Å². The van der Waals surface area contributed by atoms with Crippen LogP contribution in [-0.2, 0) is 9.53 Å². The van der Waals surface area contributed by atoms with E-state index in [0.717, 1.165) is 25.7 Å². The summed E-state index contributed by atoms with van der Waals surface area (Å²) in [5.74, 6) is -0.128. The number of esters is 1. The molecular weight excluding hydrogens is 248 g/mol. The van der Waals surface area contributed by atoms with Crippen molar-refractivity contribution in [3.8, 4) is 0 Å². The number of hydrogen-bond acceptors (Lipinski definition) is 4. The van der Waals surface area contributed by atoms with Crippen LogP contribution >= 0.6 is 11.3 Å². The van der Waals surface area contributed by atoms with Crippen molar-refractivity contribution in [2.24, 2.45) is 5.92 Å². The van der Waals surface area contributed by atoms with Gasteiger partial charge in [-0.05, 0) is 23.8 Å². The molecule has 2 atom stereocenters. The first-order valence-electron chi connectivity index (χ1n) is 6.57. The largest absolute Gasteiger partial charge is 0.463 e. The van der Waals surface area contributed by atoms with Crippen LogP contribution in [0.5, 0.6) is 0 Å². The van der Waals surface area contributed by atoms with E-state index in [1.807, 2.05) is 11.4 Å². The van der Waals surface area contributed by atoms with Gasteiger partial charge in [-0.1, -0.05) is 39.2 Å². The monoisotopic (exact) mass is 270 g/mol. The van der Waals surface area contributed by atoms with Crippen molar-refractivity contribution in [1.29, 1.82) is 0 Å². The average molecular weight is 270 g/mol. The van der Waals surface area contributed by atoms with E-state index in [2.05, 4.69) is 13.8 Å². The highest BCUT2D eigenvalue weighted by Gasteiger charge is 2.20. The maximum atomic E-state index is 11.7. The Morgan fingerprint density at radius 1 is 1.50 bits per heavy atom. The first-order chi connectivity index (χ1) is 8.69. The Morgan fingerprint density at radius 2 is 2.28 bits per heavy atom. The van der Waals surface area contributed by atoms with E-state index in [9.17, 15) is 9.90 Å². The van der Waals surface area contributed by atoms with E-state index in [1.165, 1.54) is 11.3 Å². The van der Waals surface area contributed by atoms with Gasteiger partial charge in [0.2, 0.25) is 0 Å². The van der Waals surface area contributed by atoms with Gasteiger partial charge in [-0.15, -0.1) is 11.3 Å². The predicted octanol–water partition coefficient (Wildman–Crippen LogP) is 3.54. The number of ether oxygens (including phenoxy) is 1. The number of unbranched alkanes of at least 4 members (excludes halogenated alkanes) is 1. The number of thiophene rings is 1. The van der Waals surface area contributed by atoms with Crippen molar-refractivity contribution in [2.75, 3.05) is 6.61 Å². The number of aliphatic hydroxyl groups excluding tert-OH is 1. The van der Waals surface area contributed by atoms with Crippen LogP contribution in [0, 0.1) is 5.92 Å². The summed E-state index contributed by atoms with van der Waals surface area (Å²) < 4.78 is 5.20. The molecule has 0 fully saturated rings. The standard InChI is InChI=1S/C14H22O3S/c1-3-5-7-11(4-2)10-17-14(16)13(15)12-8-6-9-18-12/h6,8-9,11,13,15H,3-5,7,10H2,1-2H3. The first-order valence-corrected chi connectivity index (χ1v) is 7.45. The van der Waals surface area contributed by atoms with E-state index in [-0.39, 0.29) is 0 Å². The van der Waals surface area contributed by atoms with Crippen LogP contribution in [0.4, 0.5) is 0 Å². The third-order valence-corrected chi connectivity index (χ3v) is 3.97. The van der Waals surface area contributed by atoms with Crippen LogP contribution < -0.4 is 0 Å². The van der Waals surface area contributed by atoms with Crippen molar-refractivity contribution >= 4 is 17.3 Å². The highest BCUT2D eigenvalue weighted by molar-refractivity contribution is 7.10. The fourth-order valence-electron chi connectivity index (χ4n) is 1.74. The van der Waals surface area contributed by atoms with Gasteiger partial charge in [0.1, 0.15) is 0 Å². The summed E-state index contributed by atoms with van der Waals surface area (Å²) in [4.78, 5) is 12.3. The summed E-state index contributed by atoms with van der Waals surface area (Å²) in [5, 5.41) is 11.6. The van der Waals surface area contributed by atoms with Crippen LogP contribution in [0.2, 0.25) is 0 Å². The molecule has 0 amide bonds. The maximum absolute atomic E-state index is 11.7. The molecule has 1 N–H and O–H groups in total. The van der Waals surface area contributed by atoms with Crippen LogP contribution in [0.15, 0.2) is 17.5 Å². The summed E-state index contributed by atoms with van der Waals surface area (Å²) in [7, 11) is 0. The third-order valence-electron chi connectivity index (χ3n) is 3.04. The average Bonchev–Trinajstić information content (AvgIpc) is 2.91. The van der Waals surface area contributed by atoms with E-state index < -0.39 is 12.1 Å². The molecule has 18 heavy (non-hydrogen) atoms. The summed E-state index contributed by atoms with van der Waals surface area (Å²) in [6, 6.07) is 3.55. The predicted molar refractivity (Wildman–Crippen MR) is 73.5 cm³/mol. The normalized spacial score (nSPS) is 14.2. The molecule has 0 aliphatic rings. The summed E-state index contributed by atoms with van der Waals surface area (Å²) in [6.07, 6.45) is 3.26. The SMILES string of the molecule is CCCCC(CC)COC(=O)C(O)c1cccs1. The molecule has 1 heterocycles. The van der Waals surface area contributed by atoms with Gasteiger partial charge in [0, 0.05) is 4.88 Å². The zero-order chi connectivity index (χ0) is 13.4. The molecular formula is C14H22O3S.